The van der Waals surface area contributed by atoms with E-state index in [1.807, 2.05) is 31.2 Å². The van der Waals surface area contributed by atoms with Crippen LogP contribution in [0.15, 0.2) is 46.9 Å². The predicted molar refractivity (Wildman–Crippen MR) is 98.2 cm³/mol. The topological polar surface area (TPSA) is 69.9 Å². The molecule has 0 saturated carbocycles. The minimum Gasteiger partial charge on any atom is -0.497 e. The van der Waals surface area contributed by atoms with Crippen molar-refractivity contribution in [3.8, 4) is 17.2 Å². The third-order valence-electron chi connectivity index (χ3n) is 4.17. The van der Waals surface area contributed by atoms with Gasteiger partial charge in [-0.15, -0.1) is 0 Å². The molecule has 1 unspecified atom stereocenters. The van der Waals surface area contributed by atoms with Gasteiger partial charge in [0.2, 0.25) is 0 Å². The molecule has 1 aromatic heterocycles. The molecule has 1 N–H and O–H groups in total. The molecule has 6 heteroatoms. The summed E-state index contributed by atoms with van der Waals surface area (Å²) in [5.74, 6) is 2.07. The summed E-state index contributed by atoms with van der Waals surface area (Å²) < 4.78 is 21.7. The smallest absolute Gasteiger partial charge is 0.255 e. The molecule has 6 nitrogen and oxygen atoms in total. The van der Waals surface area contributed by atoms with Crippen molar-refractivity contribution in [1.82, 2.24) is 5.32 Å². The first kappa shape index (κ1) is 17.7. The van der Waals surface area contributed by atoms with Crippen molar-refractivity contribution in [3.05, 3.63) is 53.8 Å². The molecule has 1 heterocycles. The first-order valence-electron chi connectivity index (χ1n) is 8.16. The van der Waals surface area contributed by atoms with Gasteiger partial charge in [-0.25, -0.2) is 0 Å². The number of hydrogen-bond acceptors (Lipinski definition) is 5. The lowest BCUT2D eigenvalue weighted by molar-refractivity contribution is 0.0932. The number of carbonyl (C=O) groups is 1. The van der Waals surface area contributed by atoms with Crippen molar-refractivity contribution in [2.75, 3.05) is 21.3 Å². The molecule has 0 aliphatic heterocycles. The minimum atomic E-state index is -0.337. The standard InChI is InChI=1S/C20H21NO5/c1-12(18-10-13-6-5-7-17(25-4)19(13)26-18)21-20(22)15-11-14(23-2)8-9-16(15)24-3/h5-12H,1-4H3,(H,21,22). The van der Waals surface area contributed by atoms with Crippen molar-refractivity contribution >= 4 is 16.9 Å². The van der Waals surface area contributed by atoms with Crippen LogP contribution in [0.4, 0.5) is 0 Å². The first-order valence-corrected chi connectivity index (χ1v) is 8.16. The molecule has 2 aromatic carbocycles. The van der Waals surface area contributed by atoms with Crippen molar-refractivity contribution < 1.29 is 23.4 Å². The highest BCUT2D eigenvalue weighted by atomic mass is 16.5. The zero-order valence-electron chi connectivity index (χ0n) is 15.2. The molecule has 26 heavy (non-hydrogen) atoms. The molecular formula is C20H21NO5. The molecule has 1 amide bonds. The Labute approximate surface area is 151 Å². The summed E-state index contributed by atoms with van der Waals surface area (Å²) in [7, 11) is 4.67. The summed E-state index contributed by atoms with van der Waals surface area (Å²) in [4.78, 5) is 12.7. The fourth-order valence-corrected chi connectivity index (χ4v) is 2.77. The highest BCUT2D eigenvalue weighted by molar-refractivity contribution is 5.97. The van der Waals surface area contributed by atoms with E-state index in [4.69, 9.17) is 18.6 Å². The van der Waals surface area contributed by atoms with Crippen LogP contribution in [0.3, 0.4) is 0 Å². The van der Waals surface area contributed by atoms with Crippen molar-refractivity contribution in [1.29, 1.82) is 0 Å². The van der Waals surface area contributed by atoms with Gasteiger partial charge < -0.3 is 23.9 Å². The number of amides is 1. The van der Waals surface area contributed by atoms with E-state index in [2.05, 4.69) is 5.32 Å². The third-order valence-corrected chi connectivity index (χ3v) is 4.17. The van der Waals surface area contributed by atoms with E-state index in [-0.39, 0.29) is 11.9 Å². The fourth-order valence-electron chi connectivity index (χ4n) is 2.77. The second kappa shape index (κ2) is 7.39. The fraction of sp³-hybridized carbons (Fsp3) is 0.250. The summed E-state index contributed by atoms with van der Waals surface area (Å²) in [6, 6.07) is 12.3. The second-order valence-corrected chi connectivity index (χ2v) is 5.79. The second-order valence-electron chi connectivity index (χ2n) is 5.79. The normalized spacial score (nSPS) is 11.8. The van der Waals surface area contributed by atoms with Gasteiger partial charge in [-0.2, -0.15) is 0 Å². The van der Waals surface area contributed by atoms with Crippen LogP contribution in [-0.2, 0) is 0 Å². The highest BCUT2D eigenvalue weighted by Crippen LogP contribution is 2.31. The van der Waals surface area contributed by atoms with E-state index in [0.29, 0.717) is 34.2 Å². The van der Waals surface area contributed by atoms with Crippen molar-refractivity contribution in [3.63, 3.8) is 0 Å². The molecule has 0 radical (unpaired) electrons. The number of para-hydroxylation sites is 1. The maximum atomic E-state index is 12.7. The summed E-state index contributed by atoms with van der Waals surface area (Å²) in [5.41, 5.74) is 1.05. The molecule has 0 bridgehead atoms. The van der Waals surface area contributed by atoms with Gasteiger partial charge in [0.05, 0.1) is 32.9 Å². The summed E-state index contributed by atoms with van der Waals surface area (Å²) in [6.45, 7) is 1.86. The molecule has 0 saturated heterocycles. The lowest BCUT2D eigenvalue weighted by Crippen LogP contribution is -2.26. The van der Waals surface area contributed by atoms with Crippen molar-refractivity contribution in [2.24, 2.45) is 0 Å². The Hall–Kier alpha value is -3.15. The number of fused-ring (bicyclic) bond motifs is 1. The van der Waals surface area contributed by atoms with Crippen LogP contribution in [0.2, 0.25) is 0 Å². The molecule has 0 aliphatic rings. The molecule has 0 fully saturated rings. The van der Waals surface area contributed by atoms with Crippen LogP contribution in [0, 0.1) is 0 Å². The molecule has 0 spiro atoms. The molecule has 0 aliphatic carbocycles. The van der Waals surface area contributed by atoms with Gasteiger partial charge in [-0.3, -0.25) is 4.79 Å². The Balaban J connectivity index is 1.86. The largest absolute Gasteiger partial charge is 0.497 e. The van der Waals surface area contributed by atoms with Gasteiger partial charge in [0, 0.05) is 5.39 Å². The number of furan rings is 1. The van der Waals surface area contributed by atoms with Crippen LogP contribution in [0.5, 0.6) is 17.2 Å². The number of methoxy groups -OCH3 is 3. The monoisotopic (exact) mass is 355 g/mol. The SMILES string of the molecule is COc1ccc(OC)c(C(=O)NC(C)c2cc3cccc(OC)c3o2)c1. The lowest BCUT2D eigenvalue weighted by Gasteiger charge is -2.14. The quantitative estimate of drug-likeness (QED) is 0.725. The van der Waals surface area contributed by atoms with Crippen LogP contribution in [0.1, 0.15) is 29.1 Å². The molecule has 3 aromatic rings. The Bertz CT molecular complexity index is 931. The highest BCUT2D eigenvalue weighted by Gasteiger charge is 2.19. The lowest BCUT2D eigenvalue weighted by atomic mass is 10.1. The first-order chi connectivity index (χ1) is 12.6. The van der Waals surface area contributed by atoms with E-state index in [9.17, 15) is 4.79 Å². The van der Waals surface area contributed by atoms with Gasteiger partial charge in [-0.05, 0) is 37.3 Å². The van der Waals surface area contributed by atoms with Gasteiger partial charge in [0.1, 0.15) is 17.3 Å². The number of hydrogen-bond donors (Lipinski definition) is 1. The van der Waals surface area contributed by atoms with Crippen LogP contribution >= 0.6 is 0 Å². The van der Waals surface area contributed by atoms with E-state index in [1.165, 1.54) is 7.11 Å². The number of nitrogens with one attached hydrogen (secondary N) is 1. The molecule has 1 atom stereocenters. The number of benzene rings is 2. The minimum absolute atomic E-state index is 0.277. The zero-order valence-corrected chi connectivity index (χ0v) is 15.2. The third kappa shape index (κ3) is 3.31. The molecular weight excluding hydrogens is 334 g/mol. The van der Waals surface area contributed by atoms with Gasteiger partial charge in [-0.1, -0.05) is 12.1 Å². The molecule has 136 valence electrons. The predicted octanol–water partition coefficient (Wildman–Crippen LogP) is 3.95. The average molecular weight is 355 g/mol. The Kier molecular flexibility index (Phi) is 5.02. The van der Waals surface area contributed by atoms with E-state index < -0.39 is 0 Å². The number of carbonyl (C=O) groups excluding carboxylic acids is 1. The van der Waals surface area contributed by atoms with Gasteiger partial charge >= 0.3 is 0 Å². The van der Waals surface area contributed by atoms with E-state index in [1.54, 1.807) is 32.4 Å². The Morgan fingerprint density at radius 1 is 1.00 bits per heavy atom. The van der Waals surface area contributed by atoms with Crippen LogP contribution in [0.25, 0.3) is 11.0 Å². The van der Waals surface area contributed by atoms with Crippen LogP contribution < -0.4 is 19.5 Å². The van der Waals surface area contributed by atoms with Gasteiger partial charge in [0.15, 0.2) is 11.3 Å². The van der Waals surface area contributed by atoms with E-state index >= 15 is 0 Å². The zero-order chi connectivity index (χ0) is 18.7. The maximum Gasteiger partial charge on any atom is 0.255 e. The summed E-state index contributed by atoms with van der Waals surface area (Å²) in [5, 5.41) is 3.84. The van der Waals surface area contributed by atoms with Gasteiger partial charge in [0.25, 0.3) is 5.91 Å². The van der Waals surface area contributed by atoms with E-state index in [0.717, 1.165) is 5.39 Å². The Morgan fingerprint density at radius 3 is 2.46 bits per heavy atom. The van der Waals surface area contributed by atoms with Crippen LogP contribution in [-0.4, -0.2) is 27.2 Å². The average Bonchev–Trinajstić information content (AvgIpc) is 3.11. The number of ether oxygens (including phenoxy) is 3. The maximum absolute atomic E-state index is 12.7. The Morgan fingerprint density at radius 2 is 1.77 bits per heavy atom. The molecule has 3 rings (SSSR count). The van der Waals surface area contributed by atoms with Crippen molar-refractivity contribution in [2.45, 2.75) is 13.0 Å². The number of rotatable bonds is 6. The summed E-state index contributed by atoms with van der Waals surface area (Å²) in [6.07, 6.45) is 0. The summed E-state index contributed by atoms with van der Waals surface area (Å²) >= 11 is 0.